The Labute approximate surface area is 121 Å². The predicted molar refractivity (Wildman–Crippen MR) is 75.4 cm³/mol. The fourth-order valence-corrected chi connectivity index (χ4v) is 2.04. The van der Waals surface area contributed by atoms with E-state index in [1.165, 1.54) is 12.3 Å². The number of nitrogens with zero attached hydrogens (tertiary/aromatic N) is 1. The monoisotopic (exact) mass is 286 g/mol. The average molecular weight is 286 g/mol. The van der Waals surface area contributed by atoms with Crippen LogP contribution in [0.3, 0.4) is 0 Å². The molecule has 0 fully saturated rings. The van der Waals surface area contributed by atoms with Crippen LogP contribution >= 0.6 is 0 Å². The molecule has 0 radical (unpaired) electrons. The van der Waals surface area contributed by atoms with Crippen LogP contribution in [0.5, 0.6) is 11.5 Å². The highest BCUT2D eigenvalue weighted by Crippen LogP contribution is 2.32. The van der Waals surface area contributed by atoms with Gasteiger partial charge in [0.1, 0.15) is 0 Å². The number of pyridine rings is 1. The topological polar surface area (TPSA) is 74.5 Å². The molecule has 1 aromatic carbocycles. The van der Waals surface area contributed by atoms with E-state index in [-0.39, 0.29) is 5.69 Å². The molecule has 0 bridgehead atoms. The second kappa shape index (κ2) is 5.70. The molecule has 0 unspecified atom stereocenters. The summed E-state index contributed by atoms with van der Waals surface area (Å²) in [5, 5.41) is 14.2. The number of hydrogen-bond donors (Lipinski definition) is 1. The Hall–Kier alpha value is -2.76. The van der Waals surface area contributed by atoms with E-state index < -0.39 is 5.91 Å². The van der Waals surface area contributed by atoms with Crippen molar-refractivity contribution in [2.45, 2.75) is 6.42 Å². The number of hydrogen-bond acceptors (Lipinski definition) is 4. The molecule has 0 atom stereocenters. The van der Waals surface area contributed by atoms with Crippen molar-refractivity contribution in [3.8, 4) is 11.5 Å². The van der Waals surface area contributed by atoms with Gasteiger partial charge in [-0.1, -0.05) is 0 Å². The van der Waals surface area contributed by atoms with Crippen molar-refractivity contribution in [1.82, 2.24) is 0 Å². The van der Waals surface area contributed by atoms with Gasteiger partial charge in [-0.25, -0.2) is 0 Å². The number of rotatable bonds is 2. The Morgan fingerprint density at radius 1 is 1.14 bits per heavy atom. The summed E-state index contributed by atoms with van der Waals surface area (Å²) in [7, 11) is 0. The van der Waals surface area contributed by atoms with Crippen molar-refractivity contribution < 1.29 is 19.0 Å². The van der Waals surface area contributed by atoms with E-state index in [4.69, 9.17) is 9.47 Å². The number of amides is 1. The maximum atomic E-state index is 12.1. The summed E-state index contributed by atoms with van der Waals surface area (Å²) in [6, 6.07) is 9.81. The number of nitrogens with one attached hydrogen (secondary N) is 1. The molecule has 1 aliphatic rings. The second-order valence-corrected chi connectivity index (χ2v) is 4.58. The van der Waals surface area contributed by atoms with E-state index in [9.17, 15) is 10.0 Å². The number of carbonyl (C=O) groups excluding carboxylic acids is 1. The van der Waals surface area contributed by atoms with Crippen molar-refractivity contribution in [3.63, 3.8) is 0 Å². The van der Waals surface area contributed by atoms with Crippen LogP contribution in [-0.4, -0.2) is 19.1 Å². The molecule has 0 aliphatic carbocycles. The van der Waals surface area contributed by atoms with Crippen LogP contribution in [0.1, 0.15) is 16.9 Å². The Morgan fingerprint density at radius 2 is 1.95 bits per heavy atom. The first-order chi connectivity index (χ1) is 10.2. The number of aromatic nitrogens is 1. The van der Waals surface area contributed by atoms with E-state index in [0.717, 1.165) is 6.42 Å². The molecular weight excluding hydrogens is 272 g/mol. The van der Waals surface area contributed by atoms with Crippen LogP contribution < -0.4 is 19.5 Å². The van der Waals surface area contributed by atoms with Crippen molar-refractivity contribution in [2.75, 3.05) is 18.5 Å². The van der Waals surface area contributed by atoms with Gasteiger partial charge in [0.25, 0.3) is 5.69 Å². The van der Waals surface area contributed by atoms with E-state index in [1.54, 1.807) is 30.3 Å². The highest BCUT2D eigenvalue weighted by atomic mass is 16.5. The van der Waals surface area contributed by atoms with Crippen molar-refractivity contribution in [1.29, 1.82) is 0 Å². The first-order valence-corrected chi connectivity index (χ1v) is 6.63. The molecule has 6 nitrogen and oxygen atoms in total. The largest absolute Gasteiger partial charge is 0.618 e. The minimum absolute atomic E-state index is 0.0320. The van der Waals surface area contributed by atoms with E-state index in [1.807, 2.05) is 0 Å². The summed E-state index contributed by atoms with van der Waals surface area (Å²) >= 11 is 0. The summed E-state index contributed by atoms with van der Waals surface area (Å²) in [6.07, 6.45) is 2.10. The third kappa shape index (κ3) is 2.89. The van der Waals surface area contributed by atoms with Gasteiger partial charge in [0.2, 0.25) is 0 Å². The number of ether oxygens (including phenoxy) is 2. The summed E-state index contributed by atoms with van der Waals surface area (Å²) in [5.41, 5.74) is 0.581. The molecule has 0 saturated heterocycles. The van der Waals surface area contributed by atoms with Gasteiger partial charge < -0.3 is 20.0 Å². The van der Waals surface area contributed by atoms with E-state index >= 15 is 0 Å². The first kappa shape index (κ1) is 13.2. The molecule has 1 amide bonds. The van der Waals surface area contributed by atoms with Gasteiger partial charge in [-0.2, -0.15) is 4.73 Å². The molecule has 1 aliphatic heterocycles. The van der Waals surface area contributed by atoms with Crippen LogP contribution in [0, 0.1) is 5.21 Å². The minimum atomic E-state index is -0.472. The van der Waals surface area contributed by atoms with Gasteiger partial charge in [0.15, 0.2) is 17.7 Å². The molecule has 21 heavy (non-hydrogen) atoms. The molecule has 1 aromatic heterocycles. The van der Waals surface area contributed by atoms with Gasteiger partial charge in [-0.3, -0.25) is 4.79 Å². The standard InChI is InChI=1S/C15H14N2O4/c18-15(12-4-1-2-7-17(12)19)16-11-5-6-13-14(10-11)21-9-3-8-20-13/h1-2,4-7,10H,3,8-9H2,(H,16,18). The molecule has 3 rings (SSSR count). The molecule has 0 spiro atoms. The Kier molecular flexibility index (Phi) is 3.59. The summed E-state index contributed by atoms with van der Waals surface area (Å²) in [4.78, 5) is 12.1. The van der Waals surface area contributed by atoms with Crippen LogP contribution in [0.4, 0.5) is 5.69 Å². The highest BCUT2D eigenvalue weighted by molar-refractivity contribution is 6.02. The average Bonchev–Trinajstić information content (AvgIpc) is 2.72. The Morgan fingerprint density at radius 3 is 2.76 bits per heavy atom. The lowest BCUT2D eigenvalue weighted by atomic mass is 10.2. The number of anilines is 1. The number of benzene rings is 1. The van der Waals surface area contributed by atoms with Crippen LogP contribution in [0.15, 0.2) is 42.6 Å². The quantitative estimate of drug-likeness (QED) is 0.674. The maximum Gasteiger partial charge on any atom is 0.321 e. The van der Waals surface area contributed by atoms with Gasteiger partial charge in [-0.15, -0.1) is 0 Å². The SMILES string of the molecule is O=C(Nc1ccc2c(c1)OCCCO2)c1cccc[n+]1[O-]. The van der Waals surface area contributed by atoms with Gasteiger partial charge >= 0.3 is 5.91 Å². The van der Waals surface area contributed by atoms with Crippen molar-refractivity contribution >= 4 is 11.6 Å². The zero-order chi connectivity index (χ0) is 14.7. The van der Waals surface area contributed by atoms with Crippen LogP contribution in [-0.2, 0) is 0 Å². The second-order valence-electron chi connectivity index (χ2n) is 4.58. The number of fused-ring (bicyclic) bond motifs is 1. The number of carbonyl (C=O) groups is 1. The molecule has 108 valence electrons. The molecule has 0 saturated carbocycles. The minimum Gasteiger partial charge on any atom is -0.618 e. The Balaban J connectivity index is 1.81. The molecule has 6 heteroatoms. The van der Waals surface area contributed by atoms with Gasteiger partial charge in [0.05, 0.1) is 13.2 Å². The highest BCUT2D eigenvalue weighted by Gasteiger charge is 2.17. The molecule has 2 aromatic rings. The molecule has 2 heterocycles. The van der Waals surface area contributed by atoms with E-state index in [2.05, 4.69) is 5.32 Å². The van der Waals surface area contributed by atoms with Crippen molar-refractivity contribution in [3.05, 3.63) is 53.5 Å². The Bertz CT molecular complexity index is 672. The fraction of sp³-hybridized carbons (Fsp3) is 0.200. The van der Waals surface area contributed by atoms with E-state index in [0.29, 0.717) is 35.1 Å². The maximum absolute atomic E-state index is 12.1. The smallest absolute Gasteiger partial charge is 0.321 e. The van der Waals surface area contributed by atoms with Crippen LogP contribution in [0.25, 0.3) is 0 Å². The van der Waals surface area contributed by atoms with Gasteiger partial charge in [0, 0.05) is 30.3 Å². The third-order valence-corrected chi connectivity index (χ3v) is 3.06. The van der Waals surface area contributed by atoms with Gasteiger partial charge in [-0.05, 0) is 18.2 Å². The summed E-state index contributed by atoms with van der Waals surface area (Å²) in [6.45, 7) is 1.18. The lowest BCUT2D eigenvalue weighted by Crippen LogP contribution is -2.36. The lowest BCUT2D eigenvalue weighted by Gasteiger charge is -2.10. The summed E-state index contributed by atoms with van der Waals surface area (Å²) in [5.74, 6) is 0.776. The predicted octanol–water partition coefficient (Wildman–Crippen LogP) is 1.73. The zero-order valence-corrected chi connectivity index (χ0v) is 11.2. The fourth-order valence-electron chi connectivity index (χ4n) is 2.04. The third-order valence-electron chi connectivity index (χ3n) is 3.06. The summed E-state index contributed by atoms with van der Waals surface area (Å²) < 4.78 is 11.6. The normalized spacial score (nSPS) is 13.3. The van der Waals surface area contributed by atoms with Crippen LogP contribution in [0.2, 0.25) is 0 Å². The lowest BCUT2D eigenvalue weighted by molar-refractivity contribution is -0.607. The first-order valence-electron chi connectivity index (χ1n) is 6.63. The zero-order valence-electron chi connectivity index (χ0n) is 11.2. The van der Waals surface area contributed by atoms with Crippen molar-refractivity contribution in [2.24, 2.45) is 0 Å². The molecule has 1 N–H and O–H groups in total. The molecular formula is C15H14N2O4.